The number of amides is 2. The highest BCUT2D eigenvalue weighted by Gasteiger charge is 2.34. The molecule has 0 fully saturated rings. The molecule has 1 atom stereocenters. The van der Waals surface area contributed by atoms with Crippen LogP contribution in [-0.2, 0) is 16.0 Å². The first-order chi connectivity index (χ1) is 14.1. The molecule has 156 valence electrons. The van der Waals surface area contributed by atoms with Crippen LogP contribution in [0.1, 0.15) is 53.8 Å². The maximum absolute atomic E-state index is 13.4. The number of unbranched alkanes of at least 4 members (excludes halogenated alkanes) is 1. The molecule has 1 aromatic carbocycles. The third-order valence-electron chi connectivity index (χ3n) is 5.54. The van der Waals surface area contributed by atoms with E-state index >= 15 is 0 Å². The lowest BCUT2D eigenvalue weighted by Crippen LogP contribution is -2.47. The summed E-state index contributed by atoms with van der Waals surface area (Å²) in [5, 5.41) is 2.11. The van der Waals surface area contributed by atoms with E-state index < -0.39 is 0 Å². The van der Waals surface area contributed by atoms with Gasteiger partial charge in [-0.15, -0.1) is 22.9 Å². The number of thiophene rings is 1. The van der Waals surface area contributed by atoms with Crippen LogP contribution in [0.2, 0.25) is 0 Å². The van der Waals surface area contributed by atoms with Gasteiger partial charge in [-0.05, 0) is 47.9 Å². The van der Waals surface area contributed by atoms with Crippen LogP contribution in [-0.4, -0.2) is 47.1 Å². The van der Waals surface area contributed by atoms with Gasteiger partial charge in [0.2, 0.25) is 11.8 Å². The van der Waals surface area contributed by atoms with Crippen molar-refractivity contribution in [1.82, 2.24) is 9.80 Å². The molecule has 0 spiro atoms. The van der Waals surface area contributed by atoms with Crippen LogP contribution in [0.4, 0.5) is 0 Å². The van der Waals surface area contributed by atoms with Crippen molar-refractivity contribution in [3.05, 3.63) is 57.3 Å². The molecule has 0 bridgehead atoms. The normalized spacial score (nSPS) is 15.8. The summed E-state index contributed by atoms with van der Waals surface area (Å²) in [7, 11) is 0. The van der Waals surface area contributed by atoms with Crippen LogP contribution in [0, 0.1) is 6.92 Å². The van der Waals surface area contributed by atoms with Crippen molar-refractivity contribution in [2.24, 2.45) is 0 Å². The van der Waals surface area contributed by atoms with Crippen molar-refractivity contribution in [2.75, 3.05) is 25.5 Å². The zero-order valence-corrected chi connectivity index (χ0v) is 18.8. The summed E-state index contributed by atoms with van der Waals surface area (Å²) in [6.45, 7) is 5.58. The van der Waals surface area contributed by atoms with E-state index in [1.807, 2.05) is 17.0 Å². The second kappa shape index (κ2) is 10.3. The first-order valence-corrected chi connectivity index (χ1v) is 11.7. The predicted molar refractivity (Wildman–Crippen MR) is 120 cm³/mol. The summed E-state index contributed by atoms with van der Waals surface area (Å²) in [5.74, 6) is 0.250. The Labute approximate surface area is 182 Å². The summed E-state index contributed by atoms with van der Waals surface area (Å²) in [6, 6.07) is 10.3. The number of hydrogen-bond acceptors (Lipinski definition) is 3. The van der Waals surface area contributed by atoms with E-state index in [2.05, 4.69) is 37.4 Å². The average molecular weight is 433 g/mol. The van der Waals surface area contributed by atoms with Crippen LogP contribution < -0.4 is 0 Å². The predicted octanol–water partition coefficient (Wildman–Crippen LogP) is 4.79. The molecule has 1 aliphatic heterocycles. The maximum Gasteiger partial charge on any atom is 0.242 e. The zero-order chi connectivity index (χ0) is 20.8. The number of halogens is 1. The fourth-order valence-electron chi connectivity index (χ4n) is 3.95. The number of carbonyl (C=O) groups is 2. The molecule has 2 heterocycles. The molecule has 2 aromatic rings. The Bertz CT molecular complexity index is 851. The summed E-state index contributed by atoms with van der Waals surface area (Å²) in [4.78, 5) is 30.9. The van der Waals surface area contributed by atoms with Crippen molar-refractivity contribution >= 4 is 34.8 Å². The van der Waals surface area contributed by atoms with Gasteiger partial charge in [-0.3, -0.25) is 9.59 Å². The minimum absolute atomic E-state index is 0.00845. The van der Waals surface area contributed by atoms with Crippen molar-refractivity contribution in [2.45, 2.75) is 45.6 Å². The van der Waals surface area contributed by atoms with Crippen LogP contribution in [0.25, 0.3) is 0 Å². The Kier molecular flexibility index (Phi) is 7.73. The molecule has 0 aliphatic carbocycles. The van der Waals surface area contributed by atoms with Gasteiger partial charge < -0.3 is 9.80 Å². The van der Waals surface area contributed by atoms with Gasteiger partial charge in [0, 0.05) is 30.3 Å². The van der Waals surface area contributed by atoms with E-state index in [1.165, 1.54) is 16.0 Å². The molecule has 0 saturated carbocycles. The fraction of sp³-hybridized carbons (Fsp3) is 0.478. The number of aryl methyl sites for hydroxylation is 1. The molecule has 0 saturated heterocycles. The number of hydrogen-bond donors (Lipinski definition) is 0. The average Bonchev–Trinajstić information content (AvgIpc) is 3.20. The SMILES string of the molecule is CCCCN(CC(=O)N1CCc2sccc2C1c1ccccc1C)C(=O)CCCl. The van der Waals surface area contributed by atoms with Gasteiger partial charge in [0.15, 0.2) is 0 Å². The van der Waals surface area contributed by atoms with E-state index in [0.29, 0.717) is 13.1 Å². The van der Waals surface area contributed by atoms with Crippen molar-refractivity contribution in [3.8, 4) is 0 Å². The first kappa shape index (κ1) is 21.8. The number of alkyl halides is 1. The van der Waals surface area contributed by atoms with Crippen LogP contribution in [0.5, 0.6) is 0 Å². The van der Waals surface area contributed by atoms with Gasteiger partial charge in [0.1, 0.15) is 0 Å². The Morgan fingerprint density at radius 1 is 1.24 bits per heavy atom. The van der Waals surface area contributed by atoms with Gasteiger partial charge in [0.25, 0.3) is 0 Å². The van der Waals surface area contributed by atoms with Gasteiger partial charge >= 0.3 is 0 Å². The fourth-order valence-corrected chi connectivity index (χ4v) is 5.01. The Morgan fingerprint density at radius 3 is 2.76 bits per heavy atom. The maximum atomic E-state index is 13.4. The lowest BCUT2D eigenvalue weighted by molar-refractivity contribution is -0.141. The highest BCUT2D eigenvalue weighted by atomic mass is 35.5. The van der Waals surface area contributed by atoms with E-state index in [4.69, 9.17) is 11.6 Å². The second-order valence-electron chi connectivity index (χ2n) is 7.50. The highest BCUT2D eigenvalue weighted by molar-refractivity contribution is 7.10. The molecular formula is C23H29ClN2O2S. The molecule has 6 heteroatoms. The molecule has 1 aromatic heterocycles. The number of rotatable bonds is 8. The summed E-state index contributed by atoms with van der Waals surface area (Å²) >= 11 is 7.55. The molecule has 3 rings (SSSR count). The Hall–Kier alpha value is -1.85. The molecular weight excluding hydrogens is 404 g/mol. The number of carbonyl (C=O) groups excluding carboxylic acids is 2. The van der Waals surface area contributed by atoms with E-state index in [9.17, 15) is 9.59 Å². The Balaban J connectivity index is 1.87. The van der Waals surface area contributed by atoms with E-state index in [1.54, 1.807) is 16.2 Å². The molecule has 0 radical (unpaired) electrons. The molecule has 4 nitrogen and oxygen atoms in total. The molecule has 1 unspecified atom stereocenters. The van der Waals surface area contributed by atoms with Crippen molar-refractivity contribution in [1.29, 1.82) is 0 Å². The van der Waals surface area contributed by atoms with Gasteiger partial charge in [-0.2, -0.15) is 0 Å². The van der Waals surface area contributed by atoms with Crippen LogP contribution >= 0.6 is 22.9 Å². The second-order valence-corrected chi connectivity index (χ2v) is 8.88. The molecule has 1 aliphatic rings. The molecule has 29 heavy (non-hydrogen) atoms. The quantitative estimate of drug-likeness (QED) is 0.563. The minimum atomic E-state index is -0.0881. The lowest BCUT2D eigenvalue weighted by Gasteiger charge is -2.38. The van der Waals surface area contributed by atoms with E-state index in [-0.39, 0.29) is 36.7 Å². The Morgan fingerprint density at radius 2 is 2.03 bits per heavy atom. The van der Waals surface area contributed by atoms with Gasteiger partial charge in [0.05, 0.1) is 12.6 Å². The van der Waals surface area contributed by atoms with Gasteiger partial charge in [-0.1, -0.05) is 37.6 Å². The monoisotopic (exact) mass is 432 g/mol. The number of nitrogens with zero attached hydrogens (tertiary/aromatic N) is 2. The zero-order valence-electron chi connectivity index (χ0n) is 17.2. The molecule has 0 N–H and O–H groups in total. The smallest absolute Gasteiger partial charge is 0.242 e. The van der Waals surface area contributed by atoms with Crippen molar-refractivity contribution in [3.63, 3.8) is 0 Å². The van der Waals surface area contributed by atoms with Crippen molar-refractivity contribution < 1.29 is 9.59 Å². The summed E-state index contributed by atoms with van der Waals surface area (Å²) < 4.78 is 0. The summed E-state index contributed by atoms with van der Waals surface area (Å²) in [6.07, 6.45) is 3.00. The topological polar surface area (TPSA) is 40.6 Å². The third-order valence-corrected chi connectivity index (χ3v) is 6.72. The highest BCUT2D eigenvalue weighted by Crippen LogP contribution is 2.38. The summed E-state index contributed by atoms with van der Waals surface area (Å²) in [5.41, 5.74) is 3.55. The van der Waals surface area contributed by atoms with Crippen LogP contribution in [0.3, 0.4) is 0 Å². The van der Waals surface area contributed by atoms with E-state index in [0.717, 1.165) is 24.8 Å². The molecule has 2 amide bonds. The van der Waals surface area contributed by atoms with Crippen LogP contribution in [0.15, 0.2) is 35.7 Å². The largest absolute Gasteiger partial charge is 0.333 e. The lowest BCUT2D eigenvalue weighted by atomic mass is 9.90. The first-order valence-electron chi connectivity index (χ1n) is 10.3. The standard InChI is InChI=1S/C23H29ClN2O2S/c1-3-4-13-25(21(27)9-12-24)16-22(28)26-14-10-20-19(11-15-29-20)23(26)18-8-6-5-7-17(18)2/h5-8,11,15,23H,3-4,9-10,12-14,16H2,1-2H3. The third kappa shape index (κ3) is 5.01. The van der Waals surface area contributed by atoms with Gasteiger partial charge in [-0.25, -0.2) is 0 Å². The number of fused-ring (bicyclic) bond motifs is 1. The minimum Gasteiger partial charge on any atom is -0.333 e. The number of benzene rings is 1.